The van der Waals surface area contributed by atoms with E-state index in [-0.39, 0.29) is 50.2 Å². The molecule has 2 nitrogen and oxygen atoms in total. The van der Waals surface area contributed by atoms with Crippen molar-refractivity contribution in [1.82, 2.24) is 4.98 Å². The minimum absolute atomic E-state index is 0.0467. The second-order valence-corrected chi connectivity index (χ2v) is 11.8. The zero-order chi connectivity index (χ0) is 40.0. The quantitative estimate of drug-likeness (QED) is 0.196. The largest absolute Gasteiger partial charge is 0.455 e. The molecule has 4 aromatic carbocycles. The Bertz CT molecular complexity index is 2410. The zero-order valence-electron chi connectivity index (χ0n) is 34.6. The first kappa shape index (κ1) is 19.8. The number of pyridine rings is 1. The SMILES string of the molecule is [2H]c1cc(C([2H])([2H])C(C)(C)C)cc(C([2H])([2H])[2H])c1-c1cc(-c2cccc3c2oc2c(-c4ccccc4)c(C([2H])(C)C(F)(F)F)ccc23)ncc1C([2H])([2H])[2H]. The Balaban J connectivity index is 1.67. The Morgan fingerprint density at radius 2 is 1.61 bits per heavy atom. The summed E-state index contributed by atoms with van der Waals surface area (Å²) >= 11 is 0. The molecule has 0 bridgehead atoms. The highest BCUT2D eigenvalue weighted by atomic mass is 19.4. The van der Waals surface area contributed by atoms with Gasteiger partial charge in [0, 0.05) is 40.4 Å². The van der Waals surface area contributed by atoms with Crippen molar-refractivity contribution in [3.63, 3.8) is 0 Å². The van der Waals surface area contributed by atoms with Gasteiger partial charge in [0.1, 0.15) is 11.2 Å². The summed E-state index contributed by atoms with van der Waals surface area (Å²) in [7, 11) is 0. The van der Waals surface area contributed by atoms with Crippen LogP contribution < -0.4 is 0 Å². The summed E-state index contributed by atoms with van der Waals surface area (Å²) in [5, 5.41) is 0.944. The molecule has 224 valence electrons. The second-order valence-electron chi connectivity index (χ2n) is 11.8. The summed E-state index contributed by atoms with van der Waals surface area (Å²) in [6.45, 7) is 0.0104. The van der Waals surface area contributed by atoms with Gasteiger partial charge in [-0.1, -0.05) is 93.5 Å². The molecule has 5 heteroatoms. The van der Waals surface area contributed by atoms with E-state index in [1.54, 1.807) is 69.3 Å². The van der Waals surface area contributed by atoms with Crippen LogP contribution in [0.4, 0.5) is 13.2 Å². The molecule has 0 radical (unpaired) electrons. The van der Waals surface area contributed by atoms with Crippen molar-refractivity contribution in [1.29, 1.82) is 0 Å². The van der Waals surface area contributed by atoms with E-state index in [4.69, 9.17) is 18.1 Å². The monoisotopic (exact) mass is 601 g/mol. The van der Waals surface area contributed by atoms with Gasteiger partial charge in [0.15, 0.2) is 0 Å². The molecule has 6 aromatic rings. The molecule has 0 saturated carbocycles. The van der Waals surface area contributed by atoms with Crippen molar-refractivity contribution in [3.05, 3.63) is 113 Å². The van der Waals surface area contributed by atoms with Gasteiger partial charge in [0.2, 0.25) is 0 Å². The number of aromatic nitrogens is 1. The number of furan rings is 1. The van der Waals surface area contributed by atoms with Gasteiger partial charge in [0.25, 0.3) is 0 Å². The lowest BCUT2D eigenvalue weighted by atomic mass is 9.86. The van der Waals surface area contributed by atoms with Gasteiger partial charge in [-0.25, -0.2) is 0 Å². The van der Waals surface area contributed by atoms with E-state index in [0.717, 1.165) is 13.1 Å². The minimum Gasteiger partial charge on any atom is -0.455 e. The molecule has 0 fully saturated rings. The van der Waals surface area contributed by atoms with Crippen LogP contribution >= 0.6 is 0 Å². The van der Waals surface area contributed by atoms with Gasteiger partial charge in [-0.15, -0.1) is 0 Å². The standard InChI is InChI=1S/C39H36F3NO/c1-23-19-26(21-38(4,5)6)15-16-28(23)33-20-34(43-22-24(33)2)32-14-10-13-30-31-18-17-29(25(3)39(40,41)42)35(37(31)44-36(30)32)27-11-8-7-9-12-27/h7-20,22,25H,21H2,1-6H3/i1D3,2D3,16D,21D2,25D. The van der Waals surface area contributed by atoms with Crippen molar-refractivity contribution in [2.24, 2.45) is 5.41 Å². The van der Waals surface area contributed by atoms with E-state index >= 15 is 0 Å². The van der Waals surface area contributed by atoms with Crippen molar-refractivity contribution >= 4 is 21.9 Å². The van der Waals surface area contributed by atoms with E-state index in [2.05, 4.69) is 4.98 Å². The highest BCUT2D eigenvalue weighted by Crippen LogP contribution is 2.46. The first-order valence-corrected chi connectivity index (χ1v) is 14.0. The van der Waals surface area contributed by atoms with Gasteiger partial charge in [-0.3, -0.25) is 4.98 Å². The minimum atomic E-state index is -4.93. The Morgan fingerprint density at radius 3 is 2.32 bits per heavy atom. The van der Waals surface area contributed by atoms with Gasteiger partial charge in [-0.05, 0) is 83.5 Å². The molecule has 1 unspecified atom stereocenters. The van der Waals surface area contributed by atoms with Crippen molar-refractivity contribution in [2.45, 2.75) is 59.8 Å². The third-order valence-corrected chi connectivity index (χ3v) is 7.47. The second kappa shape index (κ2) is 11.0. The Labute approximate surface area is 270 Å². The number of fused-ring (bicyclic) bond motifs is 3. The Kier molecular flexibility index (Phi) is 4.93. The normalized spacial score (nSPS) is 18.1. The first-order valence-electron chi connectivity index (χ1n) is 19.0. The topological polar surface area (TPSA) is 26.0 Å². The average molecular weight is 602 g/mol. The Morgan fingerprint density at radius 1 is 0.864 bits per heavy atom. The smallest absolute Gasteiger partial charge is 0.395 e. The maximum atomic E-state index is 14.3. The predicted molar refractivity (Wildman–Crippen MR) is 175 cm³/mol. The number of alkyl halides is 3. The Hall–Kier alpha value is -4.38. The molecule has 1 atom stereocenters. The van der Waals surface area contributed by atoms with Crippen LogP contribution in [0.2, 0.25) is 0 Å². The first-order chi connectivity index (χ1) is 24.8. The van der Waals surface area contributed by atoms with E-state index < -0.39 is 49.2 Å². The van der Waals surface area contributed by atoms with Crippen LogP contribution in [0.15, 0.2) is 95.5 Å². The van der Waals surface area contributed by atoms with Crippen LogP contribution in [0.1, 0.15) is 69.6 Å². The lowest BCUT2D eigenvalue weighted by Gasteiger charge is -2.20. The lowest BCUT2D eigenvalue weighted by Crippen LogP contribution is -2.18. The maximum Gasteiger partial charge on any atom is 0.395 e. The number of aryl methyl sites for hydroxylation is 2. The molecule has 0 spiro atoms. The fourth-order valence-corrected chi connectivity index (χ4v) is 5.45. The molecular formula is C39H36F3NO. The van der Waals surface area contributed by atoms with E-state index in [1.807, 2.05) is 0 Å². The average Bonchev–Trinajstić information content (AvgIpc) is 3.45. The molecule has 6 rings (SSSR count). The molecule has 0 saturated heterocycles. The number of hydrogen-bond acceptors (Lipinski definition) is 2. The van der Waals surface area contributed by atoms with Gasteiger partial charge in [-0.2, -0.15) is 13.2 Å². The van der Waals surface area contributed by atoms with Gasteiger partial charge < -0.3 is 4.42 Å². The van der Waals surface area contributed by atoms with Crippen LogP contribution in [0.25, 0.3) is 55.4 Å². The van der Waals surface area contributed by atoms with Crippen LogP contribution in [0, 0.1) is 19.1 Å². The van der Waals surface area contributed by atoms with Crippen molar-refractivity contribution in [2.75, 3.05) is 0 Å². The summed E-state index contributed by atoms with van der Waals surface area (Å²) in [6.07, 6.45) is -5.92. The fraction of sp³-hybridized carbons (Fsp3) is 0.256. The van der Waals surface area contributed by atoms with Crippen LogP contribution in [0.3, 0.4) is 0 Å². The summed E-state index contributed by atoms with van der Waals surface area (Å²) in [4.78, 5) is 4.44. The van der Waals surface area contributed by atoms with E-state index in [9.17, 15) is 13.2 Å². The lowest BCUT2D eigenvalue weighted by molar-refractivity contribution is -0.146. The molecule has 0 amide bonds. The molecule has 0 aliphatic heterocycles. The molecule has 44 heavy (non-hydrogen) atoms. The number of hydrogen-bond donors (Lipinski definition) is 0. The van der Waals surface area contributed by atoms with E-state index in [0.29, 0.717) is 21.9 Å². The molecule has 0 aliphatic carbocycles. The number of nitrogens with zero attached hydrogens (tertiary/aromatic N) is 1. The highest BCUT2D eigenvalue weighted by molar-refractivity contribution is 6.13. The molecular weight excluding hydrogens is 555 g/mol. The number of rotatable bonds is 5. The molecule has 2 aromatic heterocycles. The summed E-state index contributed by atoms with van der Waals surface area (Å²) in [5.41, 5.74) is -1.30. The molecule has 0 N–H and O–H groups in total. The fourth-order valence-electron chi connectivity index (χ4n) is 5.45. The third-order valence-electron chi connectivity index (χ3n) is 7.47. The molecule has 0 aliphatic rings. The van der Waals surface area contributed by atoms with Crippen molar-refractivity contribution in [3.8, 4) is 33.5 Å². The van der Waals surface area contributed by atoms with E-state index in [1.165, 1.54) is 30.3 Å². The predicted octanol–water partition coefficient (Wildman–Crippen LogP) is 11.9. The summed E-state index contributed by atoms with van der Waals surface area (Å²) < 4.78 is 134. The zero-order valence-corrected chi connectivity index (χ0v) is 24.6. The highest BCUT2D eigenvalue weighted by Gasteiger charge is 2.39. The van der Waals surface area contributed by atoms with Crippen LogP contribution in [0.5, 0.6) is 0 Å². The number of halogens is 3. The summed E-state index contributed by atoms with van der Waals surface area (Å²) in [6, 6.07) is 19.3. The van der Waals surface area contributed by atoms with Crippen LogP contribution in [-0.2, 0) is 6.37 Å². The molecule has 2 heterocycles. The van der Waals surface area contributed by atoms with Crippen LogP contribution in [-0.4, -0.2) is 11.2 Å². The van der Waals surface area contributed by atoms with Crippen molar-refractivity contribution < 1.29 is 31.3 Å². The van der Waals surface area contributed by atoms with Gasteiger partial charge in [0.05, 0.1) is 13.0 Å². The maximum absolute atomic E-state index is 14.3. The number of benzene rings is 4. The number of para-hydroxylation sites is 1. The van der Waals surface area contributed by atoms with Gasteiger partial charge >= 0.3 is 6.18 Å². The summed E-state index contributed by atoms with van der Waals surface area (Å²) in [5.74, 6) is -3.01. The third kappa shape index (κ3) is 5.52.